The number of rotatable bonds is 12. The van der Waals surface area contributed by atoms with Gasteiger partial charge in [-0.3, -0.25) is 18.6 Å². The number of phosphoric ester groups is 1. The summed E-state index contributed by atoms with van der Waals surface area (Å²) >= 11 is 0. The smallest absolute Gasteiger partial charge is 0.462 e. The van der Waals surface area contributed by atoms with E-state index < -0.39 is 38.6 Å². The van der Waals surface area contributed by atoms with Gasteiger partial charge in [-0.25, -0.2) is 9.36 Å². The van der Waals surface area contributed by atoms with Crippen LogP contribution in [0.4, 0.5) is 4.79 Å². The van der Waals surface area contributed by atoms with Crippen molar-refractivity contribution in [3.63, 3.8) is 0 Å². The van der Waals surface area contributed by atoms with E-state index in [-0.39, 0.29) is 29.4 Å². The van der Waals surface area contributed by atoms with Crippen molar-refractivity contribution in [1.82, 2.24) is 5.32 Å². The summed E-state index contributed by atoms with van der Waals surface area (Å²) < 4.78 is 39.3. The van der Waals surface area contributed by atoms with Gasteiger partial charge in [0.1, 0.15) is 6.61 Å². The number of esters is 2. The molecule has 0 aromatic heterocycles. The maximum atomic E-state index is 11.7. The number of carbonyl (C=O) groups excluding carboxylic acids is 3. The van der Waals surface area contributed by atoms with Crippen molar-refractivity contribution in [2.45, 2.75) is 20.0 Å². The zero-order valence-electron chi connectivity index (χ0n) is 14.1. The molecule has 0 heterocycles. The van der Waals surface area contributed by atoms with Crippen LogP contribution in [0.15, 0.2) is 0 Å². The molecule has 0 spiro atoms. The number of phosphoric acid groups is 1. The fraction of sp³-hybridized carbons (Fsp3) is 0.750. The Morgan fingerprint density at radius 1 is 1.12 bits per heavy atom. The summed E-state index contributed by atoms with van der Waals surface area (Å²) in [5.74, 6) is -1.31. The lowest BCUT2D eigenvalue weighted by molar-refractivity contribution is -0.158. The van der Waals surface area contributed by atoms with Crippen molar-refractivity contribution in [3.05, 3.63) is 0 Å². The second-order valence-electron chi connectivity index (χ2n) is 4.40. The van der Waals surface area contributed by atoms with Crippen molar-refractivity contribution in [1.29, 1.82) is 0 Å². The topological polar surface area (TPSA) is 156 Å². The van der Waals surface area contributed by atoms with E-state index in [1.165, 1.54) is 7.11 Å². The van der Waals surface area contributed by atoms with Gasteiger partial charge in [0.2, 0.25) is 0 Å². The highest BCUT2D eigenvalue weighted by Gasteiger charge is 2.25. The number of hydrogen-bond donors (Lipinski definition) is 2. The third-order valence-corrected chi connectivity index (χ3v) is 3.15. The number of ether oxygens (including phenoxy) is 4. The number of alkyl carbamates (subject to hydrolysis) is 1. The summed E-state index contributed by atoms with van der Waals surface area (Å²) in [5, 5.41) is 2.23. The summed E-state index contributed by atoms with van der Waals surface area (Å²) in [6, 6.07) is 0. The first-order chi connectivity index (χ1) is 11.7. The number of methoxy groups -OCH3 is 1. The summed E-state index contributed by atoms with van der Waals surface area (Å²) in [7, 11) is -3.13. The molecule has 25 heavy (non-hydrogen) atoms. The van der Waals surface area contributed by atoms with Gasteiger partial charge >= 0.3 is 25.9 Å². The SMILES string of the molecule is COCOC(=O)NCCOP(=O)(O)OCC(COC(C)=O)OC(C)=O.[HH].[HH]. The van der Waals surface area contributed by atoms with Gasteiger partial charge in [-0.05, 0) is 0 Å². The third kappa shape index (κ3) is 14.3. The van der Waals surface area contributed by atoms with Crippen LogP contribution in [0.5, 0.6) is 0 Å². The van der Waals surface area contributed by atoms with E-state index in [0.29, 0.717) is 0 Å². The monoisotopic (exact) mass is 391 g/mol. The predicted octanol–water partition coefficient (Wildman–Crippen LogP) is 0.437. The van der Waals surface area contributed by atoms with Crippen LogP contribution < -0.4 is 5.32 Å². The second kappa shape index (κ2) is 12.6. The number of nitrogens with one attached hydrogen (secondary N) is 1. The Bertz CT molecular complexity index is 494. The first-order valence-corrected chi connectivity index (χ1v) is 8.48. The highest BCUT2D eigenvalue weighted by Crippen LogP contribution is 2.43. The fourth-order valence-corrected chi connectivity index (χ4v) is 2.00. The van der Waals surface area contributed by atoms with Crippen LogP contribution in [0.1, 0.15) is 16.7 Å². The van der Waals surface area contributed by atoms with Crippen molar-refractivity contribution in [3.8, 4) is 0 Å². The highest BCUT2D eigenvalue weighted by molar-refractivity contribution is 7.47. The summed E-state index contributed by atoms with van der Waals surface area (Å²) in [4.78, 5) is 42.2. The normalized spacial score (nSPS) is 14.1. The summed E-state index contributed by atoms with van der Waals surface area (Å²) in [5.41, 5.74) is 0. The second-order valence-corrected chi connectivity index (χ2v) is 5.85. The molecule has 0 rings (SSSR count). The fourth-order valence-electron chi connectivity index (χ4n) is 1.25. The quantitative estimate of drug-likeness (QED) is 0.156. The van der Waals surface area contributed by atoms with Gasteiger partial charge in [0.15, 0.2) is 12.9 Å². The molecule has 2 N–H and O–H groups in total. The van der Waals surface area contributed by atoms with Gasteiger partial charge in [0.05, 0.1) is 13.2 Å². The van der Waals surface area contributed by atoms with Crippen molar-refractivity contribution >= 4 is 25.9 Å². The van der Waals surface area contributed by atoms with Gasteiger partial charge in [-0.1, -0.05) is 0 Å². The lowest BCUT2D eigenvalue weighted by Crippen LogP contribution is -2.29. The Morgan fingerprint density at radius 3 is 2.36 bits per heavy atom. The lowest BCUT2D eigenvalue weighted by Gasteiger charge is -2.18. The maximum absolute atomic E-state index is 11.7. The van der Waals surface area contributed by atoms with Crippen molar-refractivity contribution in [2.24, 2.45) is 0 Å². The van der Waals surface area contributed by atoms with E-state index in [1.807, 2.05) is 0 Å². The Kier molecular flexibility index (Phi) is 11.7. The van der Waals surface area contributed by atoms with Crippen LogP contribution in [0.25, 0.3) is 0 Å². The number of amides is 1. The molecule has 1 amide bonds. The minimum absolute atomic E-state index is 0. The molecule has 0 aliphatic carbocycles. The first kappa shape index (κ1) is 23.3. The molecule has 0 fully saturated rings. The highest BCUT2D eigenvalue weighted by atomic mass is 31.2. The van der Waals surface area contributed by atoms with Crippen LogP contribution in [-0.2, 0) is 42.1 Å². The molecule has 12 nitrogen and oxygen atoms in total. The third-order valence-electron chi connectivity index (χ3n) is 2.16. The van der Waals surface area contributed by atoms with Gasteiger partial charge in [-0.2, -0.15) is 0 Å². The molecule has 2 atom stereocenters. The van der Waals surface area contributed by atoms with Crippen LogP contribution in [-0.4, -0.2) is 69.3 Å². The van der Waals surface area contributed by atoms with E-state index in [9.17, 15) is 23.8 Å². The van der Waals surface area contributed by atoms with Crippen molar-refractivity contribution < 1.29 is 54.7 Å². The van der Waals surface area contributed by atoms with Crippen LogP contribution in [0.3, 0.4) is 0 Å². The van der Waals surface area contributed by atoms with Crippen molar-refractivity contribution in [2.75, 3.05) is 40.3 Å². The zero-order chi connectivity index (χ0) is 19.3. The van der Waals surface area contributed by atoms with E-state index >= 15 is 0 Å². The Hall–Kier alpha value is -1.72. The van der Waals surface area contributed by atoms with E-state index in [2.05, 4.69) is 28.6 Å². The Balaban J connectivity index is -0.00000288. The molecule has 0 saturated carbocycles. The molecular weight excluding hydrogens is 365 g/mol. The average Bonchev–Trinajstić information content (AvgIpc) is 2.51. The molecule has 0 aromatic carbocycles. The van der Waals surface area contributed by atoms with Gasteiger partial charge in [0.25, 0.3) is 0 Å². The minimum Gasteiger partial charge on any atom is -0.462 e. The van der Waals surface area contributed by atoms with E-state index in [4.69, 9.17) is 4.74 Å². The Morgan fingerprint density at radius 2 is 1.80 bits per heavy atom. The van der Waals surface area contributed by atoms with Crippen LogP contribution >= 0.6 is 7.82 Å². The zero-order valence-corrected chi connectivity index (χ0v) is 15.0. The van der Waals surface area contributed by atoms with Gasteiger partial charge in [0, 0.05) is 30.4 Å². The van der Waals surface area contributed by atoms with Crippen LogP contribution in [0.2, 0.25) is 0 Å². The largest absolute Gasteiger partial charge is 0.472 e. The van der Waals surface area contributed by atoms with Gasteiger partial charge in [-0.15, -0.1) is 0 Å². The minimum atomic E-state index is -4.47. The Labute approximate surface area is 147 Å². The van der Waals surface area contributed by atoms with Crippen LogP contribution in [0, 0.1) is 0 Å². The molecule has 0 saturated heterocycles. The lowest BCUT2D eigenvalue weighted by atomic mass is 10.4. The molecular formula is C12H26NO11P. The maximum Gasteiger partial charge on any atom is 0.472 e. The summed E-state index contributed by atoms with van der Waals surface area (Å²) in [6.45, 7) is 0.662. The molecule has 0 aliphatic heterocycles. The molecule has 150 valence electrons. The molecule has 13 heteroatoms. The molecule has 0 bridgehead atoms. The average molecular weight is 391 g/mol. The predicted molar refractivity (Wildman–Crippen MR) is 84.5 cm³/mol. The summed E-state index contributed by atoms with van der Waals surface area (Å²) in [6.07, 6.45) is -1.87. The van der Waals surface area contributed by atoms with E-state index in [1.54, 1.807) is 0 Å². The first-order valence-electron chi connectivity index (χ1n) is 6.98. The number of hydrogen-bond acceptors (Lipinski definition) is 10. The molecule has 0 aliphatic rings. The molecule has 0 radical (unpaired) electrons. The van der Waals surface area contributed by atoms with E-state index in [0.717, 1.165) is 13.8 Å². The standard InChI is InChI=1S/C12H22NO11P.2H2/c1-9(14)20-6-11(24-10(2)15)7-23-25(17,18)22-5-4-13-12(16)21-8-19-3;;/h11H,4-8H2,1-3H3,(H,13,16)(H,17,18);2*1H. The molecule has 2 unspecified atom stereocenters. The molecule has 0 aromatic rings. The number of carbonyl (C=O) groups is 3. The van der Waals surface area contributed by atoms with Gasteiger partial charge < -0.3 is 29.2 Å².